The molecule has 5 nitrogen and oxygen atoms in total. The van der Waals surface area contributed by atoms with Crippen molar-refractivity contribution >= 4 is 17.2 Å². The van der Waals surface area contributed by atoms with Gasteiger partial charge in [-0.15, -0.1) is 10.2 Å². The molecule has 4 rings (SSSR count). The van der Waals surface area contributed by atoms with Crippen LogP contribution in [-0.4, -0.2) is 16.5 Å². The Morgan fingerprint density at radius 2 is 1.77 bits per heavy atom. The van der Waals surface area contributed by atoms with E-state index in [1.807, 2.05) is 84.3 Å². The van der Waals surface area contributed by atoms with Crippen LogP contribution in [0.5, 0.6) is 5.75 Å². The van der Waals surface area contributed by atoms with Crippen LogP contribution in [0.2, 0.25) is 0 Å². The van der Waals surface area contributed by atoms with Gasteiger partial charge in [-0.1, -0.05) is 30.3 Å². The number of pyridine rings is 1. The predicted octanol–water partition coefficient (Wildman–Crippen LogP) is 5.73. The summed E-state index contributed by atoms with van der Waals surface area (Å²) < 4.78 is 7.30. The number of nitrogens with zero attached hydrogens (tertiary/aromatic N) is 4. The third-order valence-corrected chi connectivity index (χ3v) is 4.12. The van der Waals surface area contributed by atoms with E-state index in [9.17, 15) is 0 Å². The summed E-state index contributed by atoms with van der Waals surface area (Å²) in [6, 6.07) is 21.5. The smallest absolute Gasteiger partial charge is 0.187 e. The Balaban J connectivity index is 1.89. The number of aryl methyl sites for hydroxylation is 1. The van der Waals surface area contributed by atoms with E-state index in [0.29, 0.717) is 5.82 Å². The van der Waals surface area contributed by atoms with Crippen LogP contribution >= 0.6 is 0 Å². The van der Waals surface area contributed by atoms with Crippen molar-refractivity contribution in [1.29, 1.82) is 0 Å². The highest BCUT2D eigenvalue weighted by Crippen LogP contribution is 2.34. The summed E-state index contributed by atoms with van der Waals surface area (Å²) in [4.78, 5) is 4.79. The van der Waals surface area contributed by atoms with Gasteiger partial charge in [0.2, 0.25) is 0 Å². The average Bonchev–Trinajstić information content (AvgIpc) is 3.04. The fraction of sp³-hybridized carbons (Fsp3) is 0.0952. The lowest BCUT2D eigenvalue weighted by Gasteiger charge is -2.03. The van der Waals surface area contributed by atoms with Crippen molar-refractivity contribution in [3.63, 3.8) is 0 Å². The van der Waals surface area contributed by atoms with Crippen molar-refractivity contribution in [2.24, 2.45) is 10.2 Å². The Kier molecular flexibility index (Phi) is 4.19. The highest BCUT2D eigenvalue weighted by molar-refractivity contribution is 5.75. The first-order valence-electron chi connectivity index (χ1n) is 8.34. The highest BCUT2D eigenvalue weighted by Gasteiger charge is 2.14. The predicted molar refractivity (Wildman–Crippen MR) is 103 cm³/mol. The molecule has 0 amide bonds. The van der Waals surface area contributed by atoms with Gasteiger partial charge in [-0.3, -0.25) is 4.40 Å². The van der Waals surface area contributed by atoms with Crippen LogP contribution in [0.15, 0.2) is 83.2 Å². The number of azo groups is 1. The lowest BCUT2D eigenvalue weighted by atomic mass is 10.1. The quantitative estimate of drug-likeness (QED) is 0.444. The van der Waals surface area contributed by atoms with Crippen LogP contribution in [0.25, 0.3) is 16.9 Å². The minimum atomic E-state index is 0.692. The van der Waals surface area contributed by atoms with Crippen LogP contribution in [0.3, 0.4) is 0 Å². The fourth-order valence-electron chi connectivity index (χ4n) is 2.79. The third-order valence-electron chi connectivity index (χ3n) is 4.12. The highest BCUT2D eigenvalue weighted by atomic mass is 16.5. The third kappa shape index (κ3) is 3.07. The molecule has 0 fully saturated rings. The first kappa shape index (κ1) is 16.0. The molecule has 128 valence electrons. The number of benzene rings is 2. The number of ether oxygens (including phenoxy) is 1. The zero-order valence-corrected chi connectivity index (χ0v) is 14.6. The number of hydrogen-bond donors (Lipinski definition) is 0. The van der Waals surface area contributed by atoms with Crippen molar-refractivity contribution in [2.45, 2.75) is 6.92 Å². The minimum absolute atomic E-state index is 0.692. The van der Waals surface area contributed by atoms with Gasteiger partial charge in [0.05, 0.1) is 12.8 Å². The van der Waals surface area contributed by atoms with Gasteiger partial charge in [-0.05, 0) is 48.9 Å². The summed E-state index contributed by atoms with van der Waals surface area (Å²) in [5.41, 5.74) is 4.49. The average molecular weight is 342 g/mol. The molecule has 0 unspecified atom stereocenters. The van der Waals surface area contributed by atoms with Crippen LogP contribution < -0.4 is 4.74 Å². The van der Waals surface area contributed by atoms with Gasteiger partial charge < -0.3 is 4.74 Å². The number of imidazole rings is 1. The molecule has 0 aliphatic carbocycles. The Hall–Kier alpha value is -3.47. The van der Waals surface area contributed by atoms with E-state index < -0.39 is 0 Å². The van der Waals surface area contributed by atoms with Gasteiger partial charge in [0.15, 0.2) is 5.82 Å². The van der Waals surface area contributed by atoms with E-state index in [0.717, 1.165) is 33.9 Å². The van der Waals surface area contributed by atoms with Crippen molar-refractivity contribution in [3.05, 3.63) is 78.5 Å². The summed E-state index contributed by atoms with van der Waals surface area (Å²) in [7, 11) is 1.65. The van der Waals surface area contributed by atoms with Crippen LogP contribution in [0, 0.1) is 6.92 Å². The lowest BCUT2D eigenvalue weighted by molar-refractivity contribution is 0.415. The Labute approximate surface area is 151 Å². The molecule has 0 atom stereocenters. The fourth-order valence-corrected chi connectivity index (χ4v) is 2.79. The Morgan fingerprint density at radius 3 is 2.58 bits per heavy atom. The van der Waals surface area contributed by atoms with Gasteiger partial charge in [0.1, 0.15) is 17.1 Å². The van der Waals surface area contributed by atoms with Crippen molar-refractivity contribution < 1.29 is 4.74 Å². The molecule has 0 saturated heterocycles. The molecular weight excluding hydrogens is 324 g/mol. The molecule has 4 aromatic rings. The standard InChI is InChI=1S/C21H18N4O/c1-15-11-12-25-19(13-15)22-20(16-7-6-10-18(14-16)26-2)21(25)24-23-17-8-4-3-5-9-17/h3-14H,1-2H3. The van der Waals surface area contributed by atoms with Crippen molar-refractivity contribution in [2.75, 3.05) is 7.11 Å². The lowest BCUT2D eigenvalue weighted by Crippen LogP contribution is -1.85. The number of fused-ring (bicyclic) bond motifs is 1. The maximum atomic E-state index is 5.35. The number of aromatic nitrogens is 2. The minimum Gasteiger partial charge on any atom is -0.497 e. The molecular formula is C21H18N4O. The first-order valence-corrected chi connectivity index (χ1v) is 8.34. The largest absolute Gasteiger partial charge is 0.497 e. The topological polar surface area (TPSA) is 51.2 Å². The number of hydrogen-bond acceptors (Lipinski definition) is 4. The molecule has 2 aromatic carbocycles. The molecule has 0 bridgehead atoms. The van der Waals surface area contributed by atoms with E-state index in [2.05, 4.69) is 10.2 Å². The Morgan fingerprint density at radius 1 is 0.923 bits per heavy atom. The summed E-state index contributed by atoms with van der Waals surface area (Å²) in [5, 5.41) is 8.89. The van der Waals surface area contributed by atoms with E-state index in [-0.39, 0.29) is 0 Å². The first-order chi connectivity index (χ1) is 12.7. The summed E-state index contributed by atoms with van der Waals surface area (Å²) in [5.74, 6) is 1.47. The maximum absolute atomic E-state index is 5.35. The van der Waals surface area contributed by atoms with Crippen molar-refractivity contribution in [1.82, 2.24) is 9.38 Å². The molecule has 0 radical (unpaired) electrons. The van der Waals surface area contributed by atoms with E-state index in [4.69, 9.17) is 9.72 Å². The van der Waals surface area contributed by atoms with Crippen molar-refractivity contribution in [3.8, 4) is 17.0 Å². The second-order valence-corrected chi connectivity index (χ2v) is 5.98. The normalized spacial score (nSPS) is 11.3. The monoisotopic (exact) mass is 342 g/mol. The second-order valence-electron chi connectivity index (χ2n) is 5.98. The van der Waals surface area contributed by atoms with E-state index >= 15 is 0 Å². The molecule has 0 spiro atoms. The molecule has 0 aliphatic heterocycles. The van der Waals surface area contributed by atoms with Crippen LogP contribution in [0.4, 0.5) is 11.5 Å². The van der Waals surface area contributed by atoms with Gasteiger partial charge in [-0.2, -0.15) is 0 Å². The zero-order valence-electron chi connectivity index (χ0n) is 14.6. The molecule has 0 saturated carbocycles. The summed E-state index contributed by atoms with van der Waals surface area (Å²) >= 11 is 0. The van der Waals surface area contributed by atoms with Crippen LogP contribution in [0.1, 0.15) is 5.56 Å². The molecule has 5 heteroatoms. The van der Waals surface area contributed by atoms with Gasteiger partial charge in [0.25, 0.3) is 0 Å². The summed E-state index contributed by atoms with van der Waals surface area (Å²) in [6.07, 6.45) is 1.97. The molecule has 2 aromatic heterocycles. The van der Waals surface area contributed by atoms with Gasteiger partial charge in [-0.25, -0.2) is 4.98 Å². The van der Waals surface area contributed by atoms with E-state index in [1.54, 1.807) is 7.11 Å². The molecule has 0 N–H and O–H groups in total. The maximum Gasteiger partial charge on any atom is 0.187 e. The summed E-state index contributed by atoms with van der Waals surface area (Å²) in [6.45, 7) is 2.05. The van der Waals surface area contributed by atoms with E-state index in [1.165, 1.54) is 0 Å². The Bertz CT molecular complexity index is 1080. The number of methoxy groups -OCH3 is 1. The van der Waals surface area contributed by atoms with Crippen LogP contribution in [-0.2, 0) is 0 Å². The SMILES string of the molecule is COc1cccc(-c2nc3cc(C)ccn3c2N=Nc2ccccc2)c1. The molecule has 2 heterocycles. The van der Waals surface area contributed by atoms with Gasteiger partial charge in [0, 0.05) is 11.8 Å². The zero-order chi connectivity index (χ0) is 17.9. The molecule has 26 heavy (non-hydrogen) atoms. The number of rotatable bonds is 4. The molecule has 0 aliphatic rings. The second kappa shape index (κ2) is 6.80. The van der Waals surface area contributed by atoms with Gasteiger partial charge >= 0.3 is 0 Å².